The number of aromatic amines is 1. The summed E-state index contributed by atoms with van der Waals surface area (Å²) in [6.07, 6.45) is 5.23. The number of carbonyl (C=O) groups excluding carboxylic acids is 1. The van der Waals surface area contributed by atoms with Gasteiger partial charge in [0, 0.05) is 28.7 Å². The highest BCUT2D eigenvalue weighted by Crippen LogP contribution is 2.33. The number of aliphatic hydroxyl groups excluding tert-OH is 1. The van der Waals surface area contributed by atoms with Gasteiger partial charge in [-0.3, -0.25) is 9.78 Å². The Morgan fingerprint density at radius 2 is 2.00 bits per heavy atom. The quantitative estimate of drug-likeness (QED) is 0.638. The van der Waals surface area contributed by atoms with Crippen LogP contribution in [-0.4, -0.2) is 33.1 Å². The normalized spacial score (nSPS) is 20.9. The second kappa shape index (κ2) is 6.00. The highest BCUT2D eigenvalue weighted by molar-refractivity contribution is 6.14. The number of hydrogen-bond donors (Lipinski definition) is 3. The van der Waals surface area contributed by atoms with Crippen molar-refractivity contribution in [2.24, 2.45) is 5.73 Å². The van der Waals surface area contributed by atoms with E-state index in [4.69, 9.17) is 5.73 Å². The van der Waals surface area contributed by atoms with Gasteiger partial charge in [-0.25, -0.2) is 5.12 Å². The standard InChI is InChI=1S/C18H19FN4O2/c19-23(10-1-4-12(24)5-2-10)11-3-6-16-13(7-11)14-8-21-9-15(18(20)25)17(14)22-16/h3,6-10,12,22,24H,1-2,4-5H2,(H2,20,25). The minimum Gasteiger partial charge on any atom is -0.393 e. The molecule has 1 aromatic carbocycles. The number of pyridine rings is 1. The molecular weight excluding hydrogens is 323 g/mol. The zero-order valence-electron chi connectivity index (χ0n) is 13.6. The zero-order chi connectivity index (χ0) is 17.6. The maximum Gasteiger partial charge on any atom is 0.252 e. The molecule has 25 heavy (non-hydrogen) atoms. The van der Waals surface area contributed by atoms with Crippen LogP contribution in [0.2, 0.25) is 0 Å². The van der Waals surface area contributed by atoms with Gasteiger partial charge in [-0.05, 0) is 43.9 Å². The van der Waals surface area contributed by atoms with E-state index in [-0.39, 0.29) is 12.1 Å². The van der Waals surface area contributed by atoms with Gasteiger partial charge in [0.05, 0.1) is 28.9 Å². The monoisotopic (exact) mass is 342 g/mol. The highest BCUT2D eigenvalue weighted by atomic mass is 19.2. The fraction of sp³-hybridized carbons (Fsp3) is 0.333. The summed E-state index contributed by atoms with van der Waals surface area (Å²) in [5.74, 6) is -0.558. The van der Waals surface area contributed by atoms with Crippen molar-refractivity contribution in [2.75, 3.05) is 5.12 Å². The third-order valence-electron chi connectivity index (χ3n) is 5.00. The Labute approximate surface area is 143 Å². The Hall–Kier alpha value is -2.67. The summed E-state index contributed by atoms with van der Waals surface area (Å²) in [4.78, 5) is 18.8. The highest BCUT2D eigenvalue weighted by Gasteiger charge is 2.26. The lowest BCUT2D eigenvalue weighted by Gasteiger charge is -2.30. The van der Waals surface area contributed by atoms with Gasteiger partial charge >= 0.3 is 0 Å². The average Bonchev–Trinajstić information content (AvgIpc) is 2.99. The van der Waals surface area contributed by atoms with E-state index in [2.05, 4.69) is 9.97 Å². The smallest absolute Gasteiger partial charge is 0.252 e. The van der Waals surface area contributed by atoms with Crippen LogP contribution in [-0.2, 0) is 0 Å². The van der Waals surface area contributed by atoms with Crippen molar-refractivity contribution in [3.05, 3.63) is 36.2 Å². The summed E-state index contributed by atoms with van der Waals surface area (Å²) in [7, 11) is 0. The third kappa shape index (κ3) is 2.70. The number of aliphatic hydroxyl groups is 1. The van der Waals surface area contributed by atoms with E-state index < -0.39 is 5.91 Å². The summed E-state index contributed by atoms with van der Waals surface area (Å²) in [6.45, 7) is 0. The zero-order valence-corrected chi connectivity index (χ0v) is 13.6. The van der Waals surface area contributed by atoms with Crippen LogP contribution in [0.5, 0.6) is 0 Å². The molecule has 1 aliphatic carbocycles. The van der Waals surface area contributed by atoms with E-state index in [0.29, 0.717) is 42.5 Å². The van der Waals surface area contributed by atoms with Gasteiger partial charge in [0.15, 0.2) is 0 Å². The van der Waals surface area contributed by atoms with Crippen LogP contribution in [0.4, 0.5) is 10.2 Å². The number of amides is 1. The van der Waals surface area contributed by atoms with Crippen LogP contribution >= 0.6 is 0 Å². The molecule has 130 valence electrons. The van der Waals surface area contributed by atoms with Crippen LogP contribution in [0.25, 0.3) is 21.8 Å². The number of carbonyl (C=O) groups is 1. The SMILES string of the molecule is NC(=O)c1cncc2c1[nH]c1ccc(N(F)C3CCC(O)CC3)cc12. The molecule has 0 atom stereocenters. The molecule has 4 N–H and O–H groups in total. The van der Waals surface area contributed by atoms with E-state index in [0.717, 1.165) is 21.4 Å². The maximum absolute atomic E-state index is 14.8. The predicted molar refractivity (Wildman–Crippen MR) is 94.0 cm³/mol. The minimum atomic E-state index is -0.558. The lowest BCUT2D eigenvalue weighted by molar-refractivity contribution is 0.100. The Balaban J connectivity index is 1.76. The molecule has 1 saturated carbocycles. The second-order valence-electron chi connectivity index (χ2n) is 6.60. The molecule has 2 aromatic heterocycles. The van der Waals surface area contributed by atoms with Crippen molar-refractivity contribution in [3.63, 3.8) is 0 Å². The van der Waals surface area contributed by atoms with Crippen LogP contribution < -0.4 is 10.9 Å². The maximum atomic E-state index is 14.8. The number of halogens is 1. The fourth-order valence-corrected chi connectivity index (χ4v) is 3.61. The van der Waals surface area contributed by atoms with Gasteiger partial charge in [0.2, 0.25) is 0 Å². The van der Waals surface area contributed by atoms with E-state index >= 15 is 0 Å². The Bertz CT molecular complexity index is 947. The number of fused-ring (bicyclic) bond motifs is 3. The predicted octanol–water partition coefficient (Wildman–Crippen LogP) is 2.81. The van der Waals surface area contributed by atoms with Gasteiger partial charge in [0.1, 0.15) is 0 Å². The summed E-state index contributed by atoms with van der Waals surface area (Å²) in [5.41, 5.74) is 7.58. The van der Waals surface area contributed by atoms with Crippen molar-refractivity contribution in [1.29, 1.82) is 0 Å². The second-order valence-corrected chi connectivity index (χ2v) is 6.60. The van der Waals surface area contributed by atoms with E-state index in [1.54, 1.807) is 24.4 Å². The number of primary amides is 1. The fourth-order valence-electron chi connectivity index (χ4n) is 3.61. The Morgan fingerprint density at radius 3 is 2.72 bits per heavy atom. The van der Waals surface area contributed by atoms with Gasteiger partial charge in [-0.15, -0.1) is 0 Å². The van der Waals surface area contributed by atoms with Crippen molar-refractivity contribution in [3.8, 4) is 0 Å². The van der Waals surface area contributed by atoms with Crippen molar-refractivity contribution in [1.82, 2.24) is 9.97 Å². The molecule has 0 spiro atoms. The first-order valence-electron chi connectivity index (χ1n) is 8.37. The summed E-state index contributed by atoms with van der Waals surface area (Å²) in [5, 5.41) is 11.9. The van der Waals surface area contributed by atoms with Crippen LogP contribution in [0.15, 0.2) is 30.6 Å². The van der Waals surface area contributed by atoms with Crippen molar-refractivity contribution >= 4 is 33.4 Å². The van der Waals surface area contributed by atoms with Crippen LogP contribution in [0, 0.1) is 0 Å². The first kappa shape index (κ1) is 15.8. The van der Waals surface area contributed by atoms with Crippen molar-refractivity contribution < 1.29 is 14.4 Å². The molecule has 1 aliphatic rings. The van der Waals surface area contributed by atoms with Crippen LogP contribution in [0.1, 0.15) is 36.0 Å². The molecule has 3 aromatic rings. The largest absolute Gasteiger partial charge is 0.393 e. The number of aromatic nitrogens is 2. The van der Waals surface area contributed by atoms with E-state index in [9.17, 15) is 14.4 Å². The summed E-state index contributed by atoms with van der Waals surface area (Å²) < 4.78 is 14.8. The van der Waals surface area contributed by atoms with E-state index in [1.165, 1.54) is 6.20 Å². The van der Waals surface area contributed by atoms with Gasteiger partial charge in [0.25, 0.3) is 5.91 Å². The molecule has 0 aliphatic heterocycles. The molecule has 6 nitrogen and oxygen atoms in total. The van der Waals surface area contributed by atoms with Gasteiger partial charge < -0.3 is 15.8 Å². The molecule has 0 unspecified atom stereocenters. The summed E-state index contributed by atoms with van der Waals surface area (Å²) in [6, 6.07) is 5.02. The number of anilines is 1. The van der Waals surface area contributed by atoms with Crippen molar-refractivity contribution in [2.45, 2.75) is 37.8 Å². The molecule has 2 heterocycles. The average molecular weight is 342 g/mol. The lowest BCUT2D eigenvalue weighted by Crippen LogP contribution is -2.33. The minimum absolute atomic E-state index is 0.231. The number of rotatable bonds is 3. The van der Waals surface area contributed by atoms with Gasteiger partial charge in [-0.2, -0.15) is 0 Å². The number of H-pyrrole nitrogens is 1. The Morgan fingerprint density at radius 1 is 1.24 bits per heavy atom. The number of hydrogen-bond acceptors (Lipinski definition) is 4. The number of nitrogens with two attached hydrogens (primary N) is 1. The molecular formula is C18H19FN4O2. The number of benzene rings is 1. The van der Waals surface area contributed by atoms with Gasteiger partial charge in [-0.1, -0.05) is 4.48 Å². The Kier molecular flexibility index (Phi) is 3.80. The molecule has 0 bridgehead atoms. The first-order chi connectivity index (χ1) is 12.0. The number of nitrogens with zero attached hydrogens (tertiary/aromatic N) is 2. The molecule has 1 fully saturated rings. The molecule has 7 heteroatoms. The molecule has 4 rings (SSSR count). The van der Waals surface area contributed by atoms with Crippen LogP contribution in [0.3, 0.4) is 0 Å². The first-order valence-corrected chi connectivity index (χ1v) is 8.37. The molecule has 0 saturated heterocycles. The third-order valence-corrected chi connectivity index (χ3v) is 5.00. The summed E-state index contributed by atoms with van der Waals surface area (Å²) >= 11 is 0. The molecule has 0 radical (unpaired) electrons. The van der Waals surface area contributed by atoms with E-state index in [1.807, 2.05) is 0 Å². The molecule has 1 amide bonds. The lowest BCUT2D eigenvalue weighted by atomic mass is 9.93. The topological polar surface area (TPSA) is 95.2 Å². The number of nitrogens with one attached hydrogen (secondary N) is 1.